The smallest absolute Gasteiger partial charge is 0.341 e. The Hall–Kier alpha value is -2.76. The molecule has 0 aliphatic rings. The Kier molecular flexibility index (Phi) is 4.05. The third-order valence-corrected chi connectivity index (χ3v) is 2.49. The molecule has 0 aliphatic carbocycles. The molecular formula is C14H13NO5. The second kappa shape index (κ2) is 5.92. The number of furan rings is 1. The van der Waals surface area contributed by atoms with Gasteiger partial charge in [0.1, 0.15) is 11.3 Å². The number of ether oxygens (including phenoxy) is 1. The number of hydrogen-bond donors (Lipinski definition) is 2. The molecule has 1 aromatic heterocycles. The largest absolute Gasteiger partial charge is 0.507 e. The number of phenolic OH excluding ortho intramolecular Hbond substituents is 1. The van der Waals surface area contributed by atoms with Crippen LogP contribution < -0.4 is 5.32 Å². The van der Waals surface area contributed by atoms with Gasteiger partial charge < -0.3 is 19.6 Å². The summed E-state index contributed by atoms with van der Waals surface area (Å²) >= 11 is 0. The molecule has 20 heavy (non-hydrogen) atoms. The van der Waals surface area contributed by atoms with E-state index in [4.69, 9.17) is 9.15 Å². The van der Waals surface area contributed by atoms with Crippen molar-refractivity contribution < 1.29 is 23.8 Å². The van der Waals surface area contributed by atoms with E-state index in [2.05, 4.69) is 5.32 Å². The Morgan fingerprint density at radius 2 is 2.15 bits per heavy atom. The summed E-state index contributed by atoms with van der Waals surface area (Å²) in [5.74, 6) is -1.16. The van der Waals surface area contributed by atoms with Gasteiger partial charge in [0.2, 0.25) is 0 Å². The lowest BCUT2D eigenvalue weighted by atomic mass is 10.1. The van der Waals surface area contributed by atoms with E-state index in [1.165, 1.54) is 30.5 Å². The zero-order valence-corrected chi connectivity index (χ0v) is 10.8. The number of nitrogens with one attached hydrogen (secondary N) is 1. The van der Waals surface area contributed by atoms with Gasteiger partial charge in [-0.05, 0) is 37.3 Å². The van der Waals surface area contributed by atoms with E-state index < -0.39 is 11.9 Å². The molecule has 0 radical (unpaired) electrons. The zero-order chi connectivity index (χ0) is 14.5. The third-order valence-electron chi connectivity index (χ3n) is 2.49. The molecule has 6 heteroatoms. The van der Waals surface area contributed by atoms with Gasteiger partial charge in [-0.25, -0.2) is 4.79 Å². The minimum Gasteiger partial charge on any atom is -0.507 e. The number of phenols is 1. The highest BCUT2D eigenvalue weighted by atomic mass is 16.5. The van der Waals surface area contributed by atoms with E-state index in [1.807, 2.05) is 0 Å². The minimum atomic E-state index is -0.654. The van der Waals surface area contributed by atoms with Gasteiger partial charge in [0, 0.05) is 5.69 Å². The van der Waals surface area contributed by atoms with E-state index >= 15 is 0 Å². The lowest BCUT2D eigenvalue weighted by Crippen LogP contribution is -2.12. The summed E-state index contributed by atoms with van der Waals surface area (Å²) in [4.78, 5) is 23.4. The van der Waals surface area contributed by atoms with E-state index in [9.17, 15) is 14.7 Å². The van der Waals surface area contributed by atoms with Gasteiger partial charge >= 0.3 is 5.97 Å². The molecule has 0 unspecified atom stereocenters. The first-order valence-electron chi connectivity index (χ1n) is 5.96. The maximum atomic E-state index is 11.8. The fourth-order valence-corrected chi connectivity index (χ4v) is 1.59. The van der Waals surface area contributed by atoms with E-state index in [0.717, 1.165) is 0 Å². The summed E-state index contributed by atoms with van der Waals surface area (Å²) in [7, 11) is 0. The summed E-state index contributed by atoms with van der Waals surface area (Å²) < 4.78 is 9.77. The van der Waals surface area contributed by atoms with Gasteiger partial charge in [0.25, 0.3) is 5.91 Å². The molecule has 0 saturated heterocycles. The molecule has 6 nitrogen and oxygen atoms in total. The highest BCUT2D eigenvalue weighted by molar-refractivity contribution is 6.03. The molecule has 0 bridgehead atoms. The third kappa shape index (κ3) is 2.97. The molecule has 0 aliphatic heterocycles. The summed E-state index contributed by atoms with van der Waals surface area (Å²) in [6.45, 7) is 1.86. The number of carbonyl (C=O) groups excluding carboxylic acids is 2. The summed E-state index contributed by atoms with van der Waals surface area (Å²) in [5.41, 5.74) is 0.344. The highest BCUT2D eigenvalue weighted by Crippen LogP contribution is 2.22. The van der Waals surface area contributed by atoms with Crippen LogP contribution in [0.15, 0.2) is 41.0 Å². The molecule has 2 aromatic rings. The van der Waals surface area contributed by atoms with Crippen molar-refractivity contribution in [3.05, 3.63) is 47.9 Å². The predicted molar refractivity (Wildman–Crippen MR) is 70.7 cm³/mol. The number of carbonyl (C=O) groups is 2. The van der Waals surface area contributed by atoms with Gasteiger partial charge in [0.15, 0.2) is 5.76 Å². The standard InChI is InChI=1S/C14H13NO5/c1-2-19-14(18)10-8-9(5-6-11(10)16)15-13(17)12-4-3-7-20-12/h3-8,16H,2H2,1H3,(H,15,17). The summed E-state index contributed by atoms with van der Waals surface area (Å²) in [5, 5.41) is 12.2. The second-order valence-corrected chi connectivity index (χ2v) is 3.88. The molecular weight excluding hydrogens is 262 g/mol. The molecule has 2 N–H and O–H groups in total. The Bertz CT molecular complexity index is 618. The van der Waals surface area contributed by atoms with Crippen molar-refractivity contribution in [2.24, 2.45) is 0 Å². The predicted octanol–water partition coefficient (Wildman–Crippen LogP) is 2.41. The lowest BCUT2D eigenvalue weighted by molar-refractivity contribution is 0.0523. The molecule has 1 aromatic carbocycles. The van der Waals surface area contributed by atoms with Crippen LogP contribution in [0.2, 0.25) is 0 Å². The monoisotopic (exact) mass is 275 g/mol. The summed E-state index contributed by atoms with van der Waals surface area (Å²) in [6.07, 6.45) is 1.38. The first-order valence-corrected chi connectivity index (χ1v) is 5.96. The van der Waals surface area contributed by atoms with Gasteiger partial charge in [-0.1, -0.05) is 0 Å². The maximum absolute atomic E-state index is 11.8. The van der Waals surface area contributed by atoms with E-state index in [-0.39, 0.29) is 23.7 Å². The average molecular weight is 275 g/mol. The van der Waals surface area contributed by atoms with Gasteiger partial charge in [0.05, 0.1) is 12.9 Å². The van der Waals surface area contributed by atoms with Crippen LogP contribution in [-0.4, -0.2) is 23.6 Å². The number of benzene rings is 1. The van der Waals surface area contributed by atoms with Crippen LogP contribution in [0.5, 0.6) is 5.75 Å². The number of amides is 1. The van der Waals surface area contributed by atoms with Crippen molar-refractivity contribution in [3.63, 3.8) is 0 Å². The van der Waals surface area contributed by atoms with Crippen LogP contribution in [-0.2, 0) is 4.74 Å². The van der Waals surface area contributed by atoms with Crippen LogP contribution in [0.3, 0.4) is 0 Å². The fraction of sp³-hybridized carbons (Fsp3) is 0.143. The molecule has 0 spiro atoms. The first-order chi connectivity index (χ1) is 9.61. The second-order valence-electron chi connectivity index (χ2n) is 3.88. The van der Waals surface area contributed by atoms with Crippen molar-refractivity contribution in [2.45, 2.75) is 6.92 Å². The number of hydrogen-bond acceptors (Lipinski definition) is 5. The fourth-order valence-electron chi connectivity index (χ4n) is 1.59. The molecule has 104 valence electrons. The van der Waals surface area contributed by atoms with Gasteiger partial charge in [-0.2, -0.15) is 0 Å². The molecule has 0 atom stereocenters. The number of rotatable bonds is 4. The number of esters is 1. The minimum absolute atomic E-state index is 0.0101. The highest BCUT2D eigenvalue weighted by Gasteiger charge is 2.15. The Labute approximate surface area is 115 Å². The lowest BCUT2D eigenvalue weighted by Gasteiger charge is -2.08. The number of anilines is 1. The van der Waals surface area contributed by atoms with Crippen LogP contribution in [0, 0.1) is 0 Å². The normalized spacial score (nSPS) is 10.1. The topological polar surface area (TPSA) is 88.8 Å². The first kappa shape index (κ1) is 13.7. The summed E-state index contributed by atoms with van der Waals surface area (Å²) in [6, 6.07) is 7.23. The van der Waals surface area contributed by atoms with Crippen LogP contribution in [0.1, 0.15) is 27.8 Å². The van der Waals surface area contributed by atoms with Crippen molar-refractivity contribution >= 4 is 17.6 Å². The van der Waals surface area contributed by atoms with Crippen molar-refractivity contribution in [2.75, 3.05) is 11.9 Å². The SMILES string of the molecule is CCOC(=O)c1cc(NC(=O)c2ccco2)ccc1O. The number of aromatic hydroxyl groups is 1. The van der Waals surface area contributed by atoms with Crippen molar-refractivity contribution in [3.8, 4) is 5.75 Å². The maximum Gasteiger partial charge on any atom is 0.341 e. The van der Waals surface area contributed by atoms with Gasteiger partial charge in [-0.15, -0.1) is 0 Å². The molecule has 1 amide bonds. The Morgan fingerprint density at radius 1 is 1.35 bits per heavy atom. The van der Waals surface area contributed by atoms with Crippen LogP contribution in [0.25, 0.3) is 0 Å². The van der Waals surface area contributed by atoms with E-state index in [1.54, 1.807) is 13.0 Å². The zero-order valence-electron chi connectivity index (χ0n) is 10.8. The Morgan fingerprint density at radius 3 is 2.80 bits per heavy atom. The Balaban J connectivity index is 2.19. The van der Waals surface area contributed by atoms with Crippen molar-refractivity contribution in [1.82, 2.24) is 0 Å². The van der Waals surface area contributed by atoms with Crippen LogP contribution >= 0.6 is 0 Å². The molecule has 2 rings (SSSR count). The quantitative estimate of drug-likeness (QED) is 0.660. The van der Waals surface area contributed by atoms with Crippen molar-refractivity contribution in [1.29, 1.82) is 0 Å². The van der Waals surface area contributed by atoms with Gasteiger partial charge in [-0.3, -0.25) is 4.79 Å². The molecule has 1 heterocycles. The molecule has 0 saturated carbocycles. The average Bonchev–Trinajstić information content (AvgIpc) is 2.95. The molecule has 0 fully saturated rings. The van der Waals surface area contributed by atoms with E-state index in [0.29, 0.717) is 5.69 Å². The van der Waals surface area contributed by atoms with Crippen LogP contribution in [0.4, 0.5) is 5.69 Å².